The van der Waals surface area contributed by atoms with E-state index in [0.717, 1.165) is 19.3 Å². The van der Waals surface area contributed by atoms with Gasteiger partial charge in [0.05, 0.1) is 18.6 Å². The van der Waals surface area contributed by atoms with Crippen LogP contribution in [-0.4, -0.2) is 49.3 Å². The summed E-state index contributed by atoms with van der Waals surface area (Å²) in [6.45, 7) is 7.83. The summed E-state index contributed by atoms with van der Waals surface area (Å²) in [7, 11) is 0. The second-order valence-electron chi connectivity index (χ2n) is 8.80. The maximum absolute atomic E-state index is 12.5. The third-order valence-corrected chi connectivity index (χ3v) is 6.50. The van der Waals surface area contributed by atoms with Gasteiger partial charge >= 0.3 is 12.1 Å². The number of fused-ring (bicyclic) bond motifs is 2. The normalized spacial score (nSPS) is 29.7. The lowest BCUT2D eigenvalue weighted by molar-refractivity contribution is -0.166. The van der Waals surface area contributed by atoms with E-state index in [1.54, 1.807) is 0 Å². The van der Waals surface area contributed by atoms with E-state index in [1.807, 2.05) is 13.8 Å². The van der Waals surface area contributed by atoms with Crippen molar-refractivity contribution in [2.45, 2.75) is 77.4 Å². The van der Waals surface area contributed by atoms with Crippen molar-refractivity contribution < 1.29 is 23.8 Å². The number of carbonyl (C=O) groups is 2. The van der Waals surface area contributed by atoms with Crippen LogP contribution in [0.1, 0.15) is 65.2 Å². The lowest BCUT2D eigenvalue weighted by Crippen LogP contribution is -2.39. The molecule has 7 nitrogen and oxygen atoms in total. The van der Waals surface area contributed by atoms with E-state index in [4.69, 9.17) is 14.2 Å². The molecule has 1 amide bonds. The predicted molar refractivity (Wildman–Crippen MR) is 105 cm³/mol. The Labute approximate surface area is 167 Å². The van der Waals surface area contributed by atoms with Crippen LogP contribution < -0.4 is 0 Å². The Hall–Kier alpha value is -1.63. The van der Waals surface area contributed by atoms with E-state index < -0.39 is 6.09 Å². The monoisotopic (exact) mass is 394 g/mol. The highest BCUT2D eigenvalue weighted by Gasteiger charge is 2.51. The Morgan fingerprint density at radius 2 is 1.89 bits per heavy atom. The highest BCUT2D eigenvalue weighted by Crippen LogP contribution is 2.50. The quantitative estimate of drug-likeness (QED) is 0.205. The van der Waals surface area contributed by atoms with Crippen LogP contribution in [0.5, 0.6) is 0 Å². The average Bonchev–Trinajstić information content (AvgIpc) is 3.26. The van der Waals surface area contributed by atoms with Crippen molar-refractivity contribution in [1.29, 1.82) is 0 Å². The molecule has 0 heterocycles. The Morgan fingerprint density at radius 3 is 2.54 bits per heavy atom. The second kappa shape index (κ2) is 9.72. The van der Waals surface area contributed by atoms with Crippen molar-refractivity contribution in [3.8, 4) is 0 Å². The zero-order valence-corrected chi connectivity index (χ0v) is 17.2. The van der Waals surface area contributed by atoms with Gasteiger partial charge in [0, 0.05) is 12.6 Å². The van der Waals surface area contributed by atoms with Gasteiger partial charge in [-0.2, -0.15) is 10.1 Å². The number of hydrogen-bond donors (Lipinski definition) is 0. The largest absolute Gasteiger partial charge is 0.445 e. The summed E-state index contributed by atoms with van der Waals surface area (Å²) >= 11 is 0. The van der Waals surface area contributed by atoms with E-state index in [-0.39, 0.29) is 36.7 Å². The molecule has 0 aliphatic heterocycles. The summed E-state index contributed by atoms with van der Waals surface area (Å²) in [5.74, 6) is 0.603. The molecule has 0 aromatic heterocycles. The summed E-state index contributed by atoms with van der Waals surface area (Å²) in [5, 5.41) is 4.97. The minimum absolute atomic E-state index is 0.0230. The number of amides is 1. The minimum atomic E-state index is -0.495. The maximum Gasteiger partial charge on any atom is 0.430 e. The fourth-order valence-electron chi connectivity index (χ4n) is 5.08. The molecule has 0 radical (unpaired) electrons. The van der Waals surface area contributed by atoms with Crippen molar-refractivity contribution in [2.75, 3.05) is 13.4 Å². The highest BCUT2D eigenvalue weighted by molar-refractivity contribution is 5.74. The third kappa shape index (κ3) is 5.04. The number of hydrogen-bond acceptors (Lipinski definition) is 6. The van der Waals surface area contributed by atoms with Gasteiger partial charge in [-0.1, -0.05) is 19.3 Å². The summed E-state index contributed by atoms with van der Waals surface area (Å²) in [6.07, 6.45) is 8.06. The van der Waals surface area contributed by atoms with Crippen molar-refractivity contribution in [3.63, 3.8) is 0 Å². The number of rotatable bonds is 8. The third-order valence-electron chi connectivity index (χ3n) is 6.50. The molecule has 0 aromatic carbocycles. The van der Waals surface area contributed by atoms with Crippen molar-refractivity contribution in [2.24, 2.45) is 28.8 Å². The molecule has 158 valence electrons. The van der Waals surface area contributed by atoms with Gasteiger partial charge < -0.3 is 14.2 Å². The minimum Gasteiger partial charge on any atom is -0.445 e. The van der Waals surface area contributed by atoms with E-state index in [1.165, 1.54) is 37.1 Å². The van der Waals surface area contributed by atoms with Crippen molar-refractivity contribution in [1.82, 2.24) is 5.01 Å². The molecule has 4 unspecified atom stereocenters. The van der Waals surface area contributed by atoms with Gasteiger partial charge in [-0.15, -0.1) is 0 Å². The molecule has 0 saturated heterocycles. The molecule has 3 aliphatic carbocycles. The van der Waals surface area contributed by atoms with Crippen molar-refractivity contribution >= 4 is 18.8 Å². The van der Waals surface area contributed by atoms with Crippen molar-refractivity contribution in [3.05, 3.63) is 0 Å². The molecule has 0 N–H and O–H groups in total. The SMILES string of the molecule is C=NN(C(=O)OC1CC2CC(C(=O)OCOCC3CCCCC3)C1C2)C(C)C. The van der Waals surface area contributed by atoms with E-state index in [2.05, 4.69) is 11.8 Å². The van der Waals surface area contributed by atoms with Gasteiger partial charge in [-0.05, 0) is 57.8 Å². The Balaban J connectivity index is 1.42. The smallest absolute Gasteiger partial charge is 0.430 e. The molecule has 3 rings (SSSR count). The maximum atomic E-state index is 12.5. The first kappa shape index (κ1) is 21.1. The fraction of sp³-hybridized carbons (Fsp3) is 0.857. The topological polar surface area (TPSA) is 77.4 Å². The Morgan fingerprint density at radius 1 is 1.14 bits per heavy atom. The first-order valence-corrected chi connectivity index (χ1v) is 10.7. The zero-order valence-electron chi connectivity index (χ0n) is 17.2. The number of carbonyl (C=O) groups excluding carboxylic acids is 2. The molecular weight excluding hydrogens is 360 g/mol. The molecule has 2 bridgehead atoms. The molecule has 3 saturated carbocycles. The summed E-state index contributed by atoms with van der Waals surface area (Å²) in [5.41, 5.74) is 0. The van der Waals surface area contributed by atoms with Crippen LogP contribution in [0.3, 0.4) is 0 Å². The van der Waals surface area contributed by atoms with E-state index >= 15 is 0 Å². The van der Waals surface area contributed by atoms with Crippen LogP contribution in [0.2, 0.25) is 0 Å². The number of nitrogens with zero attached hydrogens (tertiary/aromatic N) is 2. The van der Waals surface area contributed by atoms with Crippen LogP contribution in [0, 0.1) is 23.7 Å². The van der Waals surface area contributed by atoms with Gasteiger partial charge in [0.15, 0.2) is 6.79 Å². The molecule has 0 spiro atoms. The summed E-state index contributed by atoms with van der Waals surface area (Å²) < 4.78 is 16.6. The molecule has 4 atom stereocenters. The predicted octanol–water partition coefficient (Wildman–Crippen LogP) is 3.96. The Kier molecular flexibility index (Phi) is 7.32. The summed E-state index contributed by atoms with van der Waals surface area (Å²) in [4.78, 5) is 24.9. The molecular formula is C21H34N2O5. The standard InChI is InChI=1S/C21H34N2O5/c1-14(2)23(22-3)21(25)28-19-11-16-9-17(19)18(10-16)20(24)27-13-26-12-15-7-5-4-6-8-15/h14-19H,3-13H2,1-2H3. The summed E-state index contributed by atoms with van der Waals surface area (Å²) in [6, 6.07) is -0.120. The lowest BCUT2D eigenvalue weighted by atomic mass is 9.86. The van der Waals surface area contributed by atoms with Crippen LogP contribution in [0.15, 0.2) is 5.10 Å². The number of ether oxygens (including phenoxy) is 3. The first-order chi connectivity index (χ1) is 13.5. The van der Waals surface area contributed by atoms with Gasteiger partial charge in [-0.3, -0.25) is 4.79 Å². The first-order valence-electron chi connectivity index (χ1n) is 10.7. The van der Waals surface area contributed by atoms with Crippen LogP contribution in [-0.2, 0) is 19.0 Å². The van der Waals surface area contributed by atoms with Gasteiger partial charge in [0.2, 0.25) is 0 Å². The van der Waals surface area contributed by atoms with E-state index in [9.17, 15) is 9.59 Å². The number of hydrazone groups is 1. The van der Waals surface area contributed by atoms with Gasteiger partial charge in [-0.25, -0.2) is 4.79 Å². The van der Waals surface area contributed by atoms with Gasteiger partial charge in [0.25, 0.3) is 0 Å². The second-order valence-corrected chi connectivity index (χ2v) is 8.80. The average molecular weight is 395 g/mol. The van der Waals surface area contributed by atoms with Crippen LogP contribution in [0.25, 0.3) is 0 Å². The molecule has 3 fully saturated rings. The molecule has 0 aromatic rings. The molecule has 7 heteroatoms. The molecule has 28 heavy (non-hydrogen) atoms. The van der Waals surface area contributed by atoms with Gasteiger partial charge in [0.1, 0.15) is 6.10 Å². The van der Waals surface area contributed by atoms with Crippen LogP contribution in [0.4, 0.5) is 4.79 Å². The highest BCUT2D eigenvalue weighted by atomic mass is 16.7. The Bertz CT molecular complexity index is 561. The lowest BCUT2D eigenvalue weighted by Gasteiger charge is -2.30. The zero-order chi connectivity index (χ0) is 20.1. The number of esters is 1. The van der Waals surface area contributed by atoms with Crippen LogP contribution >= 0.6 is 0 Å². The van der Waals surface area contributed by atoms with E-state index in [0.29, 0.717) is 18.4 Å². The fourth-order valence-corrected chi connectivity index (χ4v) is 5.08. The molecule has 3 aliphatic rings.